The Bertz CT molecular complexity index is 238. The third kappa shape index (κ3) is 6.85. The molecule has 0 saturated heterocycles. The summed E-state index contributed by atoms with van der Waals surface area (Å²) in [6.45, 7) is 0. The van der Waals surface area contributed by atoms with Crippen molar-refractivity contribution in [1.82, 2.24) is 0 Å². The summed E-state index contributed by atoms with van der Waals surface area (Å²) in [5, 5.41) is 25.3. The molecule has 0 amide bonds. The molecule has 0 aromatic carbocycles. The van der Waals surface area contributed by atoms with E-state index in [0.29, 0.717) is 19.3 Å². The van der Waals surface area contributed by atoms with Crippen LogP contribution >= 0.6 is 0 Å². The summed E-state index contributed by atoms with van der Waals surface area (Å²) >= 11 is 0. The van der Waals surface area contributed by atoms with Gasteiger partial charge in [-0.05, 0) is 19.3 Å². The normalized spacial score (nSPS) is 10.8. The van der Waals surface area contributed by atoms with Gasteiger partial charge >= 0.3 is 0 Å². The number of unbranched alkanes of at least 4 members (excludes halogenated alkanes) is 2. The first-order valence-electron chi connectivity index (χ1n) is 4.48. The monoisotopic (exact) mass is 175 g/mol. The first-order valence-corrected chi connectivity index (χ1v) is 4.48. The Morgan fingerprint density at radius 1 is 0.846 bits per heavy atom. The summed E-state index contributed by atoms with van der Waals surface area (Å²) in [7, 11) is 0. The molecule has 0 aromatic rings. The van der Waals surface area contributed by atoms with E-state index in [1.807, 2.05) is 6.07 Å². The lowest BCUT2D eigenvalue weighted by Gasteiger charge is -2.04. The summed E-state index contributed by atoms with van der Waals surface area (Å²) in [5.41, 5.74) is 0. The number of hydrogen-bond donors (Lipinski definition) is 0. The van der Waals surface area contributed by atoms with E-state index in [1.54, 1.807) is 0 Å². The Kier molecular flexibility index (Phi) is 7.56. The summed E-state index contributed by atoms with van der Waals surface area (Å²) in [6, 6.07) is 6.28. The molecule has 0 heterocycles. The van der Waals surface area contributed by atoms with Crippen molar-refractivity contribution in [2.75, 3.05) is 0 Å². The maximum Gasteiger partial charge on any atom is 0.0656 e. The SMILES string of the molecule is N#CCCCC[C@H](C#N)CCC#N. The molecule has 0 rings (SSSR count). The molecular weight excluding hydrogens is 162 g/mol. The van der Waals surface area contributed by atoms with E-state index in [0.717, 1.165) is 19.3 Å². The minimum absolute atomic E-state index is 0.00153. The van der Waals surface area contributed by atoms with Crippen LogP contribution in [0.5, 0.6) is 0 Å². The molecule has 0 aromatic heterocycles. The average molecular weight is 175 g/mol. The van der Waals surface area contributed by atoms with Crippen molar-refractivity contribution >= 4 is 0 Å². The van der Waals surface area contributed by atoms with Crippen molar-refractivity contribution in [3.8, 4) is 18.2 Å². The maximum atomic E-state index is 8.68. The minimum Gasteiger partial charge on any atom is -0.198 e. The van der Waals surface area contributed by atoms with E-state index in [4.69, 9.17) is 15.8 Å². The fraction of sp³-hybridized carbons (Fsp3) is 0.700. The summed E-state index contributed by atoms with van der Waals surface area (Å²) in [4.78, 5) is 0. The molecule has 0 fully saturated rings. The molecule has 3 heteroatoms. The Labute approximate surface area is 79.2 Å². The van der Waals surface area contributed by atoms with E-state index in [1.165, 1.54) is 0 Å². The van der Waals surface area contributed by atoms with Crippen molar-refractivity contribution in [3.05, 3.63) is 0 Å². The zero-order valence-electron chi connectivity index (χ0n) is 7.66. The molecule has 0 spiro atoms. The lowest BCUT2D eigenvalue weighted by Crippen LogP contribution is -1.96. The fourth-order valence-electron chi connectivity index (χ4n) is 1.11. The molecule has 0 radical (unpaired) electrons. The molecule has 0 aliphatic rings. The second-order valence-corrected chi connectivity index (χ2v) is 2.93. The van der Waals surface area contributed by atoms with Crippen molar-refractivity contribution in [1.29, 1.82) is 15.8 Å². The molecule has 0 bridgehead atoms. The van der Waals surface area contributed by atoms with Gasteiger partial charge in [-0.15, -0.1) is 0 Å². The van der Waals surface area contributed by atoms with Crippen LogP contribution < -0.4 is 0 Å². The van der Waals surface area contributed by atoms with Gasteiger partial charge in [0, 0.05) is 18.8 Å². The Balaban J connectivity index is 3.46. The van der Waals surface area contributed by atoms with Crippen LogP contribution in [-0.2, 0) is 0 Å². The average Bonchev–Trinajstić information content (AvgIpc) is 2.17. The van der Waals surface area contributed by atoms with Gasteiger partial charge in [0.1, 0.15) is 0 Å². The van der Waals surface area contributed by atoms with E-state index in [2.05, 4.69) is 12.1 Å². The van der Waals surface area contributed by atoms with E-state index < -0.39 is 0 Å². The van der Waals surface area contributed by atoms with Crippen LogP contribution in [0.1, 0.15) is 38.5 Å². The molecule has 0 aliphatic carbocycles. The predicted molar refractivity (Wildman–Crippen MR) is 48.0 cm³/mol. The van der Waals surface area contributed by atoms with Gasteiger partial charge < -0.3 is 0 Å². The lowest BCUT2D eigenvalue weighted by molar-refractivity contribution is 0.528. The van der Waals surface area contributed by atoms with Crippen molar-refractivity contribution in [2.24, 2.45) is 5.92 Å². The van der Waals surface area contributed by atoms with Crippen LogP contribution in [0.15, 0.2) is 0 Å². The molecule has 1 atom stereocenters. The van der Waals surface area contributed by atoms with Crippen molar-refractivity contribution in [2.45, 2.75) is 38.5 Å². The molecule has 0 N–H and O–H groups in total. The topological polar surface area (TPSA) is 71.4 Å². The van der Waals surface area contributed by atoms with Crippen LogP contribution in [0, 0.1) is 39.9 Å². The Morgan fingerprint density at radius 3 is 2.08 bits per heavy atom. The minimum atomic E-state index is -0.00153. The van der Waals surface area contributed by atoms with Gasteiger partial charge in [-0.3, -0.25) is 0 Å². The van der Waals surface area contributed by atoms with E-state index in [-0.39, 0.29) is 5.92 Å². The van der Waals surface area contributed by atoms with Gasteiger partial charge in [-0.1, -0.05) is 6.42 Å². The third-order valence-corrected chi connectivity index (χ3v) is 1.88. The maximum absolute atomic E-state index is 8.68. The standard InChI is InChI=1S/C10H13N3/c11-7-3-1-2-5-10(9-13)6-4-8-12/h10H,1-6H2/t10-/m0/s1. The zero-order chi connectivity index (χ0) is 9.94. The highest BCUT2D eigenvalue weighted by atomic mass is 14.3. The van der Waals surface area contributed by atoms with Crippen LogP contribution in [0.4, 0.5) is 0 Å². The lowest BCUT2D eigenvalue weighted by atomic mass is 9.98. The highest BCUT2D eigenvalue weighted by Gasteiger charge is 2.05. The summed E-state index contributed by atoms with van der Waals surface area (Å²) in [5.74, 6) is -0.00153. The smallest absolute Gasteiger partial charge is 0.0656 e. The van der Waals surface area contributed by atoms with Crippen molar-refractivity contribution < 1.29 is 0 Å². The number of nitrogens with zero attached hydrogens (tertiary/aromatic N) is 3. The largest absolute Gasteiger partial charge is 0.198 e. The van der Waals surface area contributed by atoms with E-state index in [9.17, 15) is 0 Å². The Hall–Kier alpha value is -1.53. The van der Waals surface area contributed by atoms with Gasteiger partial charge in [0.05, 0.1) is 18.2 Å². The van der Waals surface area contributed by atoms with E-state index >= 15 is 0 Å². The number of rotatable bonds is 6. The molecule has 0 saturated carbocycles. The molecule has 13 heavy (non-hydrogen) atoms. The van der Waals surface area contributed by atoms with Crippen LogP contribution in [0.2, 0.25) is 0 Å². The number of nitriles is 3. The van der Waals surface area contributed by atoms with Gasteiger partial charge in [0.2, 0.25) is 0 Å². The highest BCUT2D eigenvalue weighted by Crippen LogP contribution is 2.14. The first kappa shape index (κ1) is 11.5. The fourth-order valence-corrected chi connectivity index (χ4v) is 1.11. The molecule has 68 valence electrons. The second-order valence-electron chi connectivity index (χ2n) is 2.93. The Morgan fingerprint density at radius 2 is 1.54 bits per heavy atom. The quantitative estimate of drug-likeness (QED) is 0.582. The molecular formula is C10H13N3. The number of hydrogen-bond acceptors (Lipinski definition) is 3. The first-order chi connectivity index (χ1) is 6.35. The highest BCUT2D eigenvalue weighted by molar-refractivity contribution is 4.85. The third-order valence-electron chi connectivity index (χ3n) is 1.88. The zero-order valence-corrected chi connectivity index (χ0v) is 7.66. The van der Waals surface area contributed by atoms with Crippen LogP contribution in [-0.4, -0.2) is 0 Å². The van der Waals surface area contributed by atoms with Gasteiger partial charge in [0.15, 0.2) is 0 Å². The second kappa shape index (κ2) is 8.57. The summed E-state index contributed by atoms with van der Waals surface area (Å²) < 4.78 is 0. The molecule has 0 aliphatic heterocycles. The van der Waals surface area contributed by atoms with Crippen molar-refractivity contribution in [3.63, 3.8) is 0 Å². The van der Waals surface area contributed by atoms with Gasteiger partial charge in [0.25, 0.3) is 0 Å². The summed E-state index contributed by atoms with van der Waals surface area (Å²) in [6.07, 6.45) is 4.28. The molecule has 0 unspecified atom stereocenters. The van der Waals surface area contributed by atoms with Crippen LogP contribution in [0.25, 0.3) is 0 Å². The predicted octanol–water partition coefficient (Wildman–Crippen LogP) is 2.51. The van der Waals surface area contributed by atoms with Crippen LogP contribution in [0.3, 0.4) is 0 Å². The molecule has 3 nitrogen and oxygen atoms in total. The van der Waals surface area contributed by atoms with Gasteiger partial charge in [-0.25, -0.2) is 0 Å². The van der Waals surface area contributed by atoms with Gasteiger partial charge in [-0.2, -0.15) is 15.8 Å².